The molecule has 1 atom stereocenters. The standard InChI is InChI=1S/C22H22N2O7/c1-14(22(27)23-11-15-6-7-18-19(10-15)30-13-29-18)31-21(26)8-9-24-16-4-2-3-5-17(16)28-12-20(24)25/h2-7,10,14H,8-9,11-13H2,1H3,(H,23,27)/t14-/m1/s1. The maximum absolute atomic E-state index is 12.3. The van der Waals surface area contributed by atoms with Gasteiger partial charge < -0.3 is 29.2 Å². The van der Waals surface area contributed by atoms with Crippen molar-refractivity contribution in [3.05, 3.63) is 48.0 Å². The summed E-state index contributed by atoms with van der Waals surface area (Å²) in [6.45, 7) is 2.01. The van der Waals surface area contributed by atoms with Crippen molar-refractivity contribution >= 4 is 23.5 Å². The van der Waals surface area contributed by atoms with E-state index in [9.17, 15) is 14.4 Å². The summed E-state index contributed by atoms with van der Waals surface area (Å²) in [6.07, 6.45) is -1.01. The molecule has 2 heterocycles. The molecule has 9 nitrogen and oxygen atoms in total. The lowest BCUT2D eigenvalue weighted by atomic mass is 10.2. The van der Waals surface area contributed by atoms with E-state index in [4.69, 9.17) is 18.9 Å². The van der Waals surface area contributed by atoms with Crippen LogP contribution in [0.1, 0.15) is 18.9 Å². The summed E-state index contributed by atoms with van der Waals surface area (Å²) in [5.41, 5.74) is 1.45. The average Bonchev–Trinajstić information content (AvgIpc) is 3.24. The number of carbonyl (C=O) groups is 3. The van der Waals surface area contributed by atoms with Gasteiger partial charge in [0.1, 0.15) is 5.75 Å². The molecular weight excluding hydrogens is 404 g/mol. The van der Waals surface area contributed by atoms with Gasteiger partial charge in [0, 0.05) is 13.1 Å². The fraction of sp³-hybridized carbons (Fsp3) is 0.318. The number of nitrogens with one attached hydrogen (secondary N) is 1. The predicted octanol–water partition coefficient (Wildman–Crippen LogP) is 1.78. The fourth-order valence-electron chi connectivity index (χ4n) is 3.30. The Labute approximate surface area is 178 Å². The second-order valence-corrected chi connectivity index (χ2v) is 7.09. The first-order chi connectivity index (χ1) is 15.0. The van der Waals surface area contributed by atoms with Gasteiger partial charge in [-0.1, -0.05) is 18.2 Å². The van der Waals surface area contributed by atoms with E-state index in [0.717, 1.165) is 5.56 Å². The van der Waals surface area contributed by atoms with Crippen LogP contribution in [0.4, 0.5) is 5.69 Å². The summed E-state index contributed by atoms with van der Waals surface area (Å²) in [6, 6.07) is 12.5. The zero-order chi connectivity index (χ0) is 21.8. The van der Waals surface area contributed by atoms with E-state index >= 15 is 0 Å². The molecule has 4 rings (SSSR count). The Hall–Kier alpha value is -3.75. The topological polar surface area (TPSA) is 103 Å². The van der Waals surface area contributed by atoms with Gasteiger partial charge in [0.05, 0.1) is 12.1 Å². The van der Waals surface area contributed by atoms with Crippen molar-refractivity contribution in [2.75, 3.05) is 24.8 Å². The van der Waals surface area contributed by atoms with Crippen LogP contribution in [0, 0.1) is 0 Å². The number of benzene rings is 2. The van der Waals surface area contributed by atoms with Crippen LogP contribution in [0.15, 0.2) is 42.5 Å². The minimum absolute atomic E-state index is 0.0418. The number of ether oxygens (including phenoxy) is 4. The second-order valence-electron chi connectivity index (χ2n) is 7.09. The number of nitrogens with zero attached hydrogens (tertiary/aromatic N) is 1. The number of rotatable bonds is 7. The lowest BCUT2D eigenvalue weighted by Gasteiger charge is -2.29. The van der Waals surface area contributed by atoms with E-state index in [0.29, 0.717) is 22.9 Å². The number of hydrogen-bond donors (Lipinski definition) is 1. The predicted molar refractivity (Wildman–Crippen MR) is 109 cm³/mol. The molecule has 0 saturated carbocycles. The van der Waals surface area contributed by atoms with E-state index < -0.39 is 18.0 Å². The third-order valence-corrected chi connectivity index (χ3v) is 4.93. The van der Waals surface area contributed by atoms with Crippen LogP contribution < -0.4 is 24.4 Å². The zero-order valence-electron chi connectivity index (χ0n) is 17.0. The Kier molecular flexibility index (Phi) is 5.92. The van der Waals surface area contributed by atoms with Crippen molar-refractivity contribution in [1.29, 1.82) is 0 Å². The molecule has 2 aromatic carbocycles. The molecular formula is C22H22N2O7. The molecule has 31 heavy (non-hydrogen) atoms. The third kappa shape index (κ3) is 4.71. The molecule has 2 aromatic rings. The number of carbonyl (C=O) groups excluding carboxylic acids is 3. The van der Waals surface area contributed by atoms with Gasteiger partial charge in [0.2, 0.25) is 6.79 Å². The van der Waals surface area contributed by atoms with E-state index in [2.05, 4.69) is 5.32 Å². The third-order valence-electron chi connectivity index (χ3n) is 4.93. The summed E-state index contributed by atoms with van der Waals surface area (Å²) in [5, 5.41) is 2.73. The second kappa shape index (κ2) is 8.95. The number of amides is 2. The number of fused-ring (bicyclic) bond motifs is 2. The fourth-order valence-corrected chi connectivity index (χ4v) is 3.30. The van der Waals surface area contributed by atoms with Crippen molar-refractivity contribution in [3.8, 4) is 17.2 Å². The van der Waals surface area contributed by atoms with Crippen LogP contribution in [0.5, 0.6) is 17.2 Å². The van der Waals surface area contributed by atoms with E-state index in [1.54, 1.807) is 30.3 Å². The van der Waals surface area contributed by atoms with Crippen LogP contribution >= 0.6 is 0 Å². The van der Waals surface area contributed by atoms with Crippen LogP contribution in [-0.4, -0.2) is 43.8 Å². The highest BCUT2D eigenvalue weighted by Gasteiger charge is 2.26. The molecule has 0 unspecified atom stereocenters. The number of esters is 1. The maximum atomic E-state index is 12.3. The van der Waals surface area contributed by atoms with Crippen molar-refractivity contribution in [3.63, 3.8) is 0 Å². The maximum Gasteiger partial charge on any atom is 0.308 e. The Bertz CT molecular complexity index is 1010. The first kappa shape index (κ1) is 20.5. The van der Waals surface area contributed by atoms with Crippen molar-refractivity contribution in [2.45, 2.75) is 26.0 Å². The van der Waals surface area contributed by atoms with Gasteiger partial charge in [-0.15, -0.1) is 0 Å². The van der Waals surface area contributed by atoms with Crippen LogP contribution in [0.2, 0.25) is 0 Å². The quantitative estimate of drug-likeness (QED) is 0.673. The summed E-state index contributed by atoms with van der Waals surface area (Å²) in [5.74, 6) is 0.665. The Morgan fingerprint density at radius 2 is 1.90 bits per heavy atom. The molecule has 2 aliphatic rings. The Morgan fingerprint density at radius 3 is 2.77 bits per heavy atom. The molecule has 9 heteroatoms. The van der Waals surface area contributed by atoms with Gasteiger partial charge >= 0.3 is 5.97 Å². The van der Waals surface area contributed by atoms with E-state index in [-0.39, 0.29) is 38.8 Å². The Balaban J connectivity index is 1.25. The van der Waals surface area contributed by atoms with Crippen molar-refractivity contribution < 1.29 is 33.3 Å². The summed E-state index contributed by atoms with van der Waals surface area (Å²) < 4.78 is 21.2. The first-order valence-electron chi connectivity index (χ1n) is 9.89. The number of anilines is 1. The normalized spacial score (nSPS) is 15.0. The largest absolute Gasteiger partial charge is 0.482 e. The minimum atomic E-state index is -0.964. The highest BCUT2D eigenvalue weighted by Crippen LogP contribution is 2.33. The number of hydrogen-bond acceptors (Lipinski definition) is 7. The van der Waals surface area contributed by atoms with E-state index in [1.165, 1.54) is 11.8 Å². The minimum Gasteiger partial charge on any atom is -0.482 e. The molecule has 162 valence electrons. The summed E-state index contributed by atoms with van der Waals surface area (Å²) >= 11 is 0. The average molecular weight is 426 g/mol. The van der Waals surface area contributed by atoms with E-state index in [1.807, 2.05) is 12.1 Å². The first-order valence-corrected chi connectivity index (χ1v) is 9.89. The SMILES string of the molecule is C[C@@H](OC(=O)CCN1C(=O)COc2ccccc21)C(=O)NCc1ccc2c(c1)OCO2. The van der Waals surface area contributed by atoms with Gasteiger partial charge in [-0.25, -0.2) is 0 Å². The summed E-state index contributed by atoms with van der Waals surface area (Å²) in [4.78, 5) is 38.2. The molecule has 0 aliphatic carbocycles. The van der Waals surface area contributed by atoms with Gasteiger partial charge in [-0.2, -0.15) is 0 Å². The van der Waals surface area contributed by atoms with Gasteiger partial charge in [-0.05, 0) is 36.8 Å². The number of para-hydroxylation sites is 2. The highest BCUT2D eigenvalue weighted by molar-refractivity contribution is 5.98. The van der Waals surface area contributed by atoms with Crippen LogP contribution in [0.3, 0.4) is 0 Å². The van der Waals surface area contributed by atoms with Gasteiger partial charge in [0.15, 0.2) is 24.2 Å². The zero-order valence-corrected chi connectivity index (χ0v) is 17.0. The lowest BCUT2D eigenvalue weighted by Crippen LogP contribution is -2.41. The summed E-state index contributed by atoms with van der Waals surface area (Å²) in [7, 11) is 0. The molecule has 0 radical (unpaired) electrons. The van der Waals surface area contributed by atoms with Crippen LogP contribution in [-0.2, 0) is 25.7 Å². The lowest BCUT2D eigenvalue weighted by molar-refractivity contribution is -0.154. The molecule has 0 spiro atoms. The molecule has 0 aromatic heterocycles. The Morgan fingerprint density at radius 1 is 1.10 bits per heavy atom. The molecule has 2 aliphatic heterocycles. The van der Waals surface area contributed by atoms with Gasteiger partial charge in [0.25, 0.3) is 11.8 Å². The molecule has 1 N–H and O–H groups in total. The highest BCUT2D eigenvalue weighted by atomic mass is 16.7. The molecule has 0 saturated heterocycles. The smallest absolute Gasteiger partial charge is 0.308 e. The van der Waals surface area contributed by atoms with Crippen LogP contribution in [0.25, 0.3) is 0 Å². The molecule has 0 fully saturated rings. The molecule has 0 bridgehead atoms. The monoisotopic (exact) mass is 426 g/mol. The van der Waals surface area contributed by atoms with Crippen molar-refractivity contribution in [1.82, 2.24) is 5.32 Å². The van der Waals surface area contributed by atoms with Gasteiger partial charge in [-0.3, -0.25) is 14.4 Å². The van der Waals surface area contributed by atoms with Crippen molar-refractivity contribution in [2.24, 2.45) is 0 Å². The molecule has 2 amide bonds.